The number of hydrogen-bond acceptors (Lipinski definition) is 4. The number of hydrogen-bond donors (Lipinski definition) is 1. The summed E-state index contributed by atoms with van der Waals surface area (Å²) in [5.74, 6) is 0. The van der Waals surface area contributed by atoms with Crippen molar-refractivity contribution in [3.05, 3.63) is 0 Å². The summed E-state index contributed by atoms with van der Waals surface area (Å²) in [6.07, 6.45) is -0.700. The number of amides is 3. The Morgan fingerprint density at radius 1 is 1.25 bits per heavy atom. The number of ether oxygens (including phenoxy) is 1. The monoisotopic (exact) mass is 175 g/mol. The van der Waals surface area contributed by atoms with Gasteiger partial charge in [0.05, 0.1) is 7.11 Å². The summed E-state index contributed by atoms with van der Waals surface area (Å²) in [5, 5.41) is 1.43. The van der Waals surface area contributed by atoms with Crippen molar-refractivity contribution in [1.82, 2.24) is 15.3 Å². The first-order chi connectivity index (χ1) is 5.49. The van der Waals surface area contributed by atoms with Gasteiger partial charge in [-0.25, -0.2) is 19.5 Å². The summed E-state index contributed by atoms with van der Waals surface area (Å²) in [4.78, 5) is 22.6. The number of carbonyl (C=O) groups is 2. The van der Waals surface area contributed by atoms with Crippen LogP contribution in [0.25, 0.3) is 0 Å². The largest absolute Gasteiger partial charge is 0.452 e. The van der Waals surface area contributed by atoms with Crippen LogP contribution in [0.15, 0.2) is 0 Å². The van der Waals surface area contributed by atoms with Crippen LogP contribution < -0.4 is 5.43 Å². The third kappa shape index (κ3) is 3.20. The molecule has 6 heteroatoms. The molecule has 0 fully saturated rings. The topological polar surface area (TPSA) is 61.9 Å². The van der Waals surface area contributed by atoms with E-state index in [0.717, 1.165) is 4.90 Å². The van der Waals surface area contributed by atoms with Gasteiger partial charge in [-0.2, -0.15) is 0 Å². The first kappa shape index (κ1) is 10.7. The van der Waals surface area contributed by atoms with Gasteiger partial charge in [-0.15, -0.1) is 0 Å². The Hall–Kier alpha value is -1.30. The molecule has 1 N–H and O–H groups in total. The maximum Gasteiger partial charge on any atom is 0.417 e. The van der Waals surface area contributed by atoms with Crippen LogP contribution in [-0.2, 0) is 4.74 Å². The Labute approximate surface area is 71.0 Å². The molecule has 0 saturated carbocycles. The van der Waals surface area contributed by atoms with E-state index in [0.29, 0.717) is 0 Å². The second kappa shape index (κ2) is 4.55. The number of methoxy groups -OCH3 is 1. The van der Waals surface area contributed by atoms with Gasteiger partial charge in [0.25, 0.3) is 0 Å². The van der Waals surface area contributed by atoms with Gasteiger partial charge in [0.1, 0.15) is 0 Å². The summed E-state index contributed by atoms with van der Waals surface area (Å²) >= 11 is 0. The lowest BCUT2D eigenvalue weighted by atomic mass is 10.8. The van der Waals surface area contributed by atoms with Crippen molar-refractivity contribution in [3.8, 4) is 0 Å². The Kier molecular flexibility index (Phi) is 4.06. The van der Waals surface area contributed by atoms with Crippen molar-refractivity contribution >= 4 is 12.1 Å². The van der Waals surface area contributed by atoms with Crippen molar-refractivity contribution in [2.24, 2.45) is 0 Å². The predicted molar refractivity (Wildman–Crippen MR) is 42.4 cm³/mol. The van der Waals surface area contributed by atoms with E-state index < -0.39 is 12.1 Å². The molecule has 0 aliphatic carbocycles. The van der Waals surface area contributed by atoms with Crippen LogP contribution in [0.2, 0.25) is 0 Å². The number of urea groups is 1. The first-order valence-corrected chi connectivity index (χ1v) is 3.28. The average Bonchev–Trinajstić information content (AvgIpc) is 2.00. The van der Waals surface area contributed by atoms with Crippen LogP contribution in [0.1, 0.15) is 0 Å². The third-order valence-electron chi connectivity index (χ3n) is 1.07. The van der Waals surface area contributed by atoms with Crippen molar-refractivity contribution in [3.63, 3.8) is 0 Å². The fourth-order valence-electron chi connectivity index (χ4n) is 0.486. The van der Waals surface area contributed by atoms with E-state index in [-0.39, 0.29) is 0 Å². The van der Waals surface area contributed by atoms with Crippen LogP contribution in [0.5, 0.6) is 0 Å². The van der Waals surface area contributed by atoms with E-state index in [1.165, 1.54) is 19.2 Å². The molecule has 6 nitrogen and oxygen atoms in total. The minimum Gasteiger partial charge on any atom is -0.452 e. The normalized spacial score (nSPS) is 9.42. The van der Waals surface area contributed by atoms with E-state index in [1.807, 2.05) is 0 Å². The molecule has 0 aromatic carbocycles. The molecule has 0 bridgehead atoms. The lowest BCUT2D eigenvalue weighted by Gasteiger charge is -2.17. The summed E-state index contributed by atoms with van der Waals surface area (Å²) in [6, 6.07) is -0.535. The summed E-state index contributed by atoms with van der Waals surface area (Å²) < 4.78 is 4.32. The standard InChI is InChI=1S/C6H13N3O3/c1-8(2)7-5(10)9(3)6(11)12-4/h1-4H3,(H,7,10). The fourth-order valence-corrected chi connectivity index (χ4v) is 0.486. The quantitative estimate of drug-likeness (QED) is 0.564. The molecule has 0 heterocycles. The highest BCUT2D eigenvalue weighted by atomic mass is 16.5. The molecular formula is C6H13N3O3. The molecule has 0 unspecified atom stereocenters. The number of nitrogens with one attached hydrogen (secondary N) is 1. The zero-order chi connectivity index (χ0) is 9.72. The van der Waals surface area contributed by atoms with E-state index in [9.17, 15) is 9.59 Å². The Morgan fingerprint density at radius 2 is 1.75 bits per heavy atom. The van der Waals surface area contributed by atoms with Gasteiger partial charge < -0.3 is 4.74 Å². The van der Waals surface area contributed by atoms with E-state index in [4.69, 9.17) is 0 Å². The molecule has 70 valence electrons. The van der Waals surface area contributed by atoms with Crippen molar-refractivity contribution in [2.75, 3.05) is 28.3 Å². The highest BCUT2D eigenvalue weighted by molar-refractivity contribution is 5.90. The SMILES string of the molecule is COC(=O)N(C)C(=O)NN(C)C. The van der Waals surface area contributed by atoms with Gasteiger partial charge in [-0.3, -0.25) is 5.43 Å². The third-order valence-corrected chi connectivity index (χ3v) is 1.07. The smallest absolute Gasteiger partial charge is 0.417 e. The number of imide groups is 1. The average molecular weight is 175 g/mol. The minimum absolute atomic E-state index is 0.535. The number of rotatable bonds is 1. The van der Waals surface area contributed by atoms with Crippen LogP contribution >= 0.6 is 0 Å². The molecule has 0 saturated heterocycles. The van der Waals surface area contributed by atoms with Gasteiger partial charge in [0, 0.05) is 21.1 Å². The Bertz CT molecular complexity index is 181. The van der Waals surface area contributed by atoms with Gasteiger partial charge >= 0.3 is 12.1 Å². The van der Waals surface area contributed by atoms with Crippen LogP contribution in [-0.4, -0.2) is 50.3 Å². The zero-order valence-corrected chi connectivity index (χ0v) is 7.62. The van der Waals surface area contributed by atoms with Gasteiger partial charge in [0.15, 0.2) is 0 Å². The van der Waals surface area contributed by atoms with Crippen LogP contribution in [0.3, 0.4) is 0 Å². The highest BCUT2D eigenvalue weighted by Gasteiger charge is 2.16. The summed E-state index contributed by atoms with van der Waals surface area (Å²) in [5.41, 5.74) is 2.38. The van der Waals surface area contributed by atoms with Gasteiger partial charge in [-0.05, 0) is 0 Å². The molecule has 0 aromatic heterocycles. The van der Waals surface area contributed by atoms with Crippen LogP contribution in [0.4, 0.5) is 9.59 Å². The molecular weight excluding hydrogens is 162 g/mol. The second-order valence-electron chi connectivity index (χ2n) is 2.34. The van der Waals surface area contributed by atoms with E-state index >= 15 is 0 Å². The maximum atomic E-state index is 11.0. The molecule has 0 atom stereocenters. The van der Waals surface area contributed by atoms with Gasteiger partial charge in [0.2, 0.25) is 0 Å². The number of hydrazine groups is 1. The van der Waals surface area contributed by atoms with Crippen molar-refractivity contribution in [2.45, 2.75) is 0 Å². The van der Waals surface area contributed by atoms with Gasteiger partial charge in [-0.1, -0.05) is 0 Å². The fraction of sp³-hybridized carbons (Fsp3) is 0.667. The van der Waals surface area contributed by atoms with E-state index in [1.54, 1.807) is 14.1 Å². The molecule has 0 aliphatic rings. The second-order valence-corrected chi connectivity index (χ2v) is 2.34. The molecule has 3 amide bonds. The van der Waals surface area contributed by atoms with Crippen molar-refractivity contribution < 1.29 is 14.3 Å². The highest BCUT2D eigenvalue weighted by Crippen LogP contribution is 1.88. The molecule has 0 spiro atoms. The van der Waals surface area contributed by atoms with E-state index in [2.05, 4.69) is 10.2 Å². The lowest BCUT2D eigenvalue weighted by Crippen LogP contribution is -2.46. The maximum absolute atomic E-state index is 11.0. The Morgan fingerprint density at radius 3 is 2.08 bits per heavy atom. The number of nitrogens with zero attached hydrogens (tertiary/aromatic N) is 2. The molecule has 0 rings (SSSR count). The summed E-state index contributed by atoms with van der Waals surface area (Å²) in [7, 11) is 5.82. The molecule has 0 radical (unpaired) electrons. The summed E-state index contributed by atoms with van der Waals surface area (Å²) in [6.45, 7) is 0. The zero-order valence-electron chi connectivity index (χ0n) is 7.62. The molecule has 0 aromatic rings. The molecule has 0 aliphatic heterocycles. The minimum atomic E-state index is -0.700. The predicted octanol–water partition coefficient (Wildman–Crippen LogP) is -0.129. The lowest BCUT2D eigenvalue weighted by molar-refractivity contribution is 0.130. The Balaban J connectivity index is 4.01. The van der Waals surface area contributed by atoms with Crippen molar-refractivity contribution in [1.29, 1.82) is 0 Å². The van der Waals surface area contributed by atoms with Crippen LogP contribution in [0, 0.1) is 0 Å². The first-order valence-electron chi connectivity index (χ1n) is 3.28. The number of carbonyl (C=O) groups excluding carboxylic acids is 2. The molecule has 12 heavy (non-hydrogen) atoms.